The molecule has 0 aliphatic heterocycles. The van der Waals surface area contributed by atoms with E-state index >= 15 is 0 Å². The molecule has 1 aromatic carbocycles. The van der Waals surface area contributed by atoms with Crippen LogP contribution in [0.25, 0.3) is 0 Å². The molecule has 1 aliphatic carbocycles. The van der Waals surface area contributed by atoms with Crippen LogP contribution in [0.1, 0.15) is 49.9 Å². The summed E-state index contributed by atoms with van der Waals surface area (Å²) in [5.74, 6) is 0.956. The van der Waals surface area contributed by atoms with Crippen LogP contribution in [0.3, 0.4) is 0 Å². The Hall–Kier alpha value is -1.31. The maximum atomic E-state index is 11.7. The lowest BCUT2D eigenvalue weighted by molar-refractivity contribution is 0.101. The summed E-state index contributed by atoms with van der Waals surface area (Å²) >= 11 is 0. The van der Waals surface area contributed by atoms with E-state index in [1.807, 2.05) is 18.2 Å². The number of anilines is 1. The number of Topliss-reactive ketones (excluding diaryl/α,β-unsaturated/α-hetero) is 1. The van der Waals surface area contributed by atoms with Gasteiger partial charge in [-0.2, -0.15) is 0 Å². The topological polar surface area (TPSA) is 20.3 Å². The Morgan fingerprint density at radius 3 is 2.67 bits per heavy atom. The lowest BCUT2D eigenvalue weighted by Crippen LogP contribution is -2.36. The highest BCUT2D eigenvalue weighted by atomic mass is 16.1. The predicted octanol–water partition coefficient (Wildman–Crippen LogP) is 3.90. The Labute approximate surface area is 110 Å². The van der Waals surface area contributed by atoms with Gasteiger partial charge in [0.1, 0.15) is 0 Å². The first-order valence-corrected chi connectivity index (χ1v) is 6.92. The van der Waals surface area contributed by atoms with Crippen molar-refractivity contribution in [3.8, 4) is 0 Å². The third-order valence-corrected chi connectivity index (χ3v) is 4.12. The van der Waals surface area contributed by atoms with E-state index in [1.165, 1.54) is 25.7 Å². The first-order chi connectivity index (χ1) is 8.59. The van der Waals surface area contributed by atoms with Crippen molar-refractivity contribution in [2.45, 2.75) is 45.6 Å². The molecule has 1 fully saturated rings. The number of carbonyl (C=O) groups excluding carboxylic acids is 1. The van der Waals surface area contributed by atoms with Crippen molar-refractivity contribution in [1.82, 2.24) is 0 Å². The average molecular weight is 245 g/mol. The molecule has 2 nitrogen and oxygen atoms in total. The summed E-state index contributed by atoms with van der Waals surface area (Å²) < 4.78 is 0. The minimum atomic E-state index is 0.154. The van der Waals surface area contributed by atoms with Crippen LogP contribution in [0.4, 0.5) is 5.69 Å². The van der Waals surface area contributed by atoms with E-state index in [2.05, 4.69) is 24.9 Å². The van der Waals surface area contributed by atoms with Crippen LogP contribution in [0.15, 0.2) is 24.3 Å². The van der Waals surface area contributed by atoms with Gasteiger partial charge < -0.3 is 4.90 Å². The Balaban J connectivity index is 2.22. The molecule has 0 spiro atoms. The van der Waals surface area contributed by atoms with Gasteiger partial charge in [-0.1, -0.05) is 31.9 Å². The van der Waals surface area contributed by atoms with E-state index in [9.17, 15) is 4.79 Å². The molecular weight excluding hydrogens is 222 g/mol. The normalized spacial score (nSPS) is 23.7. The van der Waals surface area contributed by atoms with E-state index in [0.29, 0.717) is 6.04 Å². The number of benzene rings is 1. The predicted molar refractivity (Wildman–Crippen MR) is 76.3 cm³/mol. The lowest BCUT2D eigenvalue weighted by atomic mass is 9.86. The molecule has 1 saturated carbocycles. The molecule has 1 aromatic rings. The van der Waals surface area contributed by atoms with E-state index in [4.69, 9.17) is 0 Å². The highest BCUT2D eigenvalue weighted by Gasteiger charge is 2.24. The number of nitrogens with zero attached hydrogens (tertiary/aromatic N) is 1. The molecule has 98 valence electrons. The summed E-state index contributed by atoms with van der Waals surface area (Å²) in [6.45, 7) is 3.98. The second-order valence-electron chi connectivity index (χ2n) is 5.61. The largest absolute Gasteiger partial charge is 0.371 e. The summed E-state index contributed by atoms with van der Waals surface area (Å²) in [4.78, 5) is 14.0. The highest BCUT2D eigenvalue weighted by Crippen LogP contribution is 2.31. The summed E-state index contributed by atoms with van der Waals surface area (Å²) in [6, 6.07) is 8.53. The van der Waals surface area contributed by atoms with Crippen LogP contribution in [0.5, 0.6) is 0 Å². The first kappa shape index (κ1) is 13.1. The van der Waals surface area contributed by atoms with Crippen molar-refractivity contribution in [2.75, 3.05) is 11.9 Å². The SMILES string of the molecule is CC(=O)c1ccccc1N(C)C1CCCC(C)C1. The highest BCUT2D eigenvalue weighted by molar-refractivity contribution is 5.99. The van der Waals surface area contributed by atoms with Gasteiger partial charge in [0.15, 0.2) is 5.78 Å². The van der Waals surface area contributed by atoms with Crippen molar-refractivity contribution in [3.63, 3.8) is 0 Å². The molecule has 2 atom stereocenters. The van der Waals surface area contributed by atoms with E-state index in [1.54, 1.807) is 6.92 Å². The van der Waals surface area contributed by atoms with Crippen molar-refractivity contribution >= 4 is 11.5 Å². The molecule has 18 heavy (non-hydrogen) atoms. The van der Waals surface area contributed by atoms with Crippen LogP contribution in [-0.4, -0.2) is 18.9 Å². The standard InChI is InChI=1S/C16H23NO/c1-12-7-6-8-14(11-12)17(3)16-10-5-4-9-15(16)13(2)18/h4-5,9-10,12,14H,6-8,11H2,1-3H3. The molecule has 2 rings (SSSR count). The van der Waals surface area contributed by atoms with Crippen LogP contribution < -0.4 is 4.90 Å². The zero-order chi connectivity index (χ0) is 13.1. The fraction of sp³-hybridized carbons (Fsp3) is 0.562. The van der Waals surface area contributed by atoms with Crippen molar-refractivity contribution in [2.24, 2.45) is 5.92 Å². The lowest BCUT2D eigenvalue weighted by Gasteiger charge is -2.36. The van der Waals surface area contributed by atoms with Gasteiger partial charge in [-0.25, -0.2) is 0 Å². The molecule has 0 radical (unpaired) electrons. The molecule has 2 heteroatoms. The molecule has 0 heterocycles. The van der Waals surface area contributed by atoms with Crippen LogP contribution >= 0.6 is 0 Å². The molecule has 0 N–H and O–H groups in total. The Morgan fingerprint density at radius 2 is 2.00 bits per heavy atom. The van der Waals surface area contributed by atoms with Crippen LogP contribution in [0, 0.1) is 5.92 Å². The molecule has 2 unspecified atom stereocenters. The van der Waals surface area contributed by atoms with E-state index in [0.717, 1.165) is 17.2 Å². The van der Waals surface area contributed by atoms with Gasteiger partial charge in [0, 0.05) is 24.3 Å². The number of hydrogen-bond donors (Lipinski definition) is 0. The zero-order valence-corrected chi connectivity index (χ0v) is 11.6. The fourth-order valence-electron chi connectivity index (χ4n) is 3.03. The van der Waals surface area contributed by atoms with Crippen LogP contribution in [-0.2, 0) is 0 Å². The summed E-state index contributed by atoms with van der Waals surface area (Å²) in [5, 5.41) is 0. The second kappa shape index (κ2) is 5.55. The maximum absolute atomic E-state index is 11.7. The first-order valence-electron chi connectivity index (χ1n) is 6.92. The molecule has 0 amide bonds. The molecule has 0 bridgehead atoms. The number of para-hydroxylation sites is 1. The second-order valence-corrected chi connectivity index (χ2v) is 5.61. The Morgan fingerprint density at radius 1 is 1.28 bits per heavy atom. The number of ketones is 1. The van der Waals surface area contributed by atoms with Gasteiger partial charge in [-0.3, -0.25) is 4.79 Å². The number of hydrogen-bond acceptors (Lipinski definition) is 2. The van der Waals surface area contributed by atoms with Crippen molar-refractivity contribution in [1.29, 1.82) is 0 Å². The van der Waals surface area contributed by atoms with Crippen molar-refractivity contribution < 1.29 is 4.79 Å². The third kappa shape index (κ3) is 2.74. The third-order valence-electron chi connectivity index (χ3n) is 4.12. The van der Waals surface area contributed by atoms with Gasteiger partial charge >= 0.3 is 0 Å². The summed E-state index contributed by atoms with van der Waals surface area (Å²) in [5.41, 5.74) is 1.93. The molecule has 0 aromatic heterocycles. The molecular formula is C16H23NO. The van der Waals surface area contributed by atoms with E-state index < -0.39 is 0 Å². The van der Waals surface area contributed by atoms with E-state index in [-0.39, 0.29) is 5.78 Å². The molecule has 1 aliphatic rings. The van der Waals surface area contributed by atoms with Gasteiger partial charge in [0.2, 0.25) is 0 Å². The average Bonchev–Trinajstić information content (AvgIpc) is 2.38. The quantitative estimate of drug-likeness (QED) is 0.753. The summed E-state index contributed by atoms with van der Waals surface area (Å²) in [7, 11) is 2.13. The maximum Gasteiger partial charge on any atom is 0.161 e. The number of carbonyl (C=O) groups is 1. The summed E-state index contributed by atoms with van der Waals surface area (Å²) in [6.07, 6.45) is 5.13. The monoisotopic (exact) mass is 245 g/mol. The zero-order valence-electron chi connectivity index (χ0n) is 11.6. The van der Waals surface area contributed by atoms with Gasteiger partial charge in [0.25, 0.3) is 0 Å². The number of rotatable bonds is 3. The fourth-order valence-corrected chi connectivity index (χ4v) is 3.03. The van der Waals surface area contributed by atoms with Gasteiger partial charge in [0.05, 0.1) is 0 Å². The van der Waals surface area contributed by atoms with Crippen molar-refractivity contribution in [3.05, 3.63) is 29.8 Å². The molecule has 0 saturated heterocycles. The smallest absolute Gasteiger partial charge is 0.161 e. The Bertz CT molecular complexity index is 427. The van der Waals surface area contributed by atoms with Gasteiger partial charge in [-0.05, 0) is 37.8 Å². The minimum absolute atomic E-state index is 0.154. The van der Waals surface area contributed by atoms with Gasteiger partial charge in [-0.15, -0.1) is 0 Å². The Kier molecular flexibility index (Phi) is 4.05. The minimum Gasteiger partial charge on any atom is -0.371 e. The van der Waals surface area contributed by atoms with Crippen LogP contribution in [0.2, 0.25) is 0 Å².